The molecule has 0 fully saturated rings. The zero-order valence-corrected chi connectivity index (χ0v) is 12.2. The summed E-state index contributed by atoms with van der Waals surface area (Å²) in [4.78, 5) is 0. The molecule has 19 heavy (non-hydrogen) atoms. The Morgan fingerprint density at radius 1 is 1.42 bits per heavy atom. The number of aliphatic hydroxyl groups is 1. The SMILES string of the molecule is CCOC(C)(CC)C(O)c1cc2cccc(Cl)c2o1. The maximum atomic E-state index is 10.5. The predicted octanol–water partition coefficient (Wildman–Crippen LogP) is 4.32. The molecule has 2 unspecified atom stereocenters. The number of benzene rings is 1. The second kappa shape index (κ2) is 5.53. The van der Waals surface area contributed by atoms with Gasteiger partial charge in [-0.25, -0.2) is 0 Å². The lowest BCUT2D eigenvalue weighted by atomic mass is 9.93. The Hall–Kier alpha value is -1.03. The molecule has 4 heteroatoms. The molecule has 0 aliphatic carbocycles. The molecule has 2 aromatic rings. The molecule has 1 aromatic heterocycles. The maximum absolute atomic E-state index is 10.5. The highest BCUT2D eigenvalue weighted by molar-refractivity contribution is 6.34. The van der Waals surface area contributed by atoms with E-state index in [9.17, 15) is 5.11 Å². The van der Waals surface area contributed by atoms with E-state index in [2.05, 4.69) is 0 Å². The number of aliphatic hydroxyl groups excluding tert-OH is 1. The zero-order valence-electron chi connectivity index (χ0n) is 11.4. The molecule has 0 saturated carbocycles. The molecule has 104 valence electrons. The number of para-hydroxylation sites is 1. The number of hydrogen-bond acceptors (Lipinski definition) is 3. The van der Waals surface area contributed by atoms with Crippen molar-refractivity contribution in [2.45, 2.75) is 38.9 Å². The van der Waals surface area contributed by atoms with Gasteiger partial charge in [0.1, 0.15) is 11.9 Å². The summed E-state index contributed by atoms with van der Waals surface area (Å²) < 4.78 is 11.4. The molecule has 1 aromatic carbocycles. The third kappa shape index (κ3) is 2.64. The fourth-order valence-corrected chi connectivity index (χ4v) is 2.41. The average molecular weight is 283 g/mol. The van der Waals surface area contributed by atoms with Crippen LogP contribution in [0.1, 0.15) is 39.1 Å². The minimum absolute atomic E-state index is 0.487. The van der Waals surface area contributed by atoms with E-state index in [-0.39, 0.29) is 0 Å². The number of fused-ring (bicyclic) bond motifs is 1. The Kier molecular flexibility index (Phi) is 4.19. The molecule has 3 nitrogen and oxygen atoms in total. The molecule has 2 atom stereocenters. The van der Waals surface area contributed by atoms with Crippen molar-refractivity contribution in [3.63, 3.8) is 0 Å². The Morgan fingerprint density at radius 2 is 2.16 bits per heavy atom. The topological polar surface area (TPSA) is 42.6 Å². The molecule has 0 spiro atoms. The third-order valence-electron chi connectivity index (χ3n) is 3.54. The van der Waals surface area contributed by atoms with Gasteiger partial charge < -0.3 is 14.3 Å². The van der Waals surface area contributed by atoms with E-state index in [1.807, 2.05) is 39.0 Å². The van der Waals surface area contributed by atoms with Gasteiger partial charge in [-0.15, -0.1) is 0 Å². The summed E-state index contributed by atoms with van der Waals surface area (Å²) in [6.07, 6.45) is -0.131. The van der Waals surface area contributed by atoms with E-state index < -0.39 is 11.7 Å². The van der Waals surface area contributed by atoms with Gasteiger partial charge in [0.15, 0.2) is 5.58 Å². The lowest BCUT2D eigenvalue weighted by Gasteiger charge is -2.32. The van der Waals surface area contributed by atoms with Gasteiger partial charge in [0.25, 0.3) is 0 Å². The van der Waals surface area contributed by atoms with Crippen molar-refractivity contribution >= 4 is 22.6 Å². The molecular formula is C15H19ClO3. The smallest absolute Gasteiger partial charge is 0.152 e. The van der Waals surface area contributed by atoms with Crippen molar-refractivity contribution < 1.29 is 14.3 Å². The van der Waals surface area contributed by atoms with Crippen LogP contribution in [0.3, 0.4) is 0 Å². The van der Waals surface area contributed by atoms with Gasteiger partial charge in [-0.2, -0.15) is 0 Å². The normalized spacial score (nSPS) is 16.5. The van der Waals surface area contributed by atoms with Crippen LogP contribution in [0.4, 0.5) is 0 Å². The molecule has 0 radical (unpaired) electrons. The molecule has 2 rings (SSSR count). The summed E-state index contributed by atoms with van der Waals surface area (Å²) in [6, 6.07) is 7.35. The summed E-state index contributed by atoms with van der Waals surface area (Å²) in [7, 11) is 0. The Morgan fingerprint density at radius 3 is 2.74 bits per heavy atom. The van der Waals surface area contributed by atoms with Crippen LogP contribution in [0, 0.1) is 0 Å². The highest BCUT2D eigenvalue weighted by Crippen LogP contribution is 2.36. The third-order valence-corrected chi connectivity index (χ3v) is 3.84. The van der Waals surface area contributed by atoms with Crippen LogP contribution in [0.25, 0.3) is 11.0 Å². The summed E-state index contributed by atoms with van der Waals surface area (Å²) >= 11 is 6.08. The standard InChI is InChI=1S/C15H19ClO3/c1-4-15(3,18-5-2)14(17)12-9-10-7-6-8-11(16)13(10)19-12/h6-9,14,17H,4-5H2,1-3H3. The van der Waals surface area contributed by atoms with Crippen LogP contribution in [0.2, 0.25) is 5.02 Å². The van der Waals surface area contributed by atoms with Crippen molar-refractivity contribution in [3.8, 4) is 0 Å². The van der Waals surface area contributed by atoms with Gasteiger partial charge in [0.2, 0.25) is 0 Å². The van der Waals surface area contributed by atoms with Gasteiger partial charge in [-0.05, 0) is 32.4 Å². The lowest BCUT2D eigenvalue weighted by molar-refractivity contribution is -0.119. The number of hydrogen-bond donors (Lipinski definition) is 1. The van der Waals surface area contributed by atoms with Gasteiger partial charge in [-0.1, -0.05) is 30.7 Å². The molecular weight excluding hydrogens is 264 g/mol. The van der Waals surface area contributed by atoms with Crippen LogP contribution in [0.15, 0.2) is 28.7 Å². The fourth-order valence-electron chi connectivity index (χ4n) is 2.19. The second-order valence-corrected chi connectivity index (χ2v) is 5.22. The number of rotatable bonds is 5. The molecule has 1 N–H and O–H groups in total. The minimum atomic E-state index is -0.819. The first-order valence-corrected chi connectivity index (χ1v) is 6.89. The van der Waals surface area contributed by atoms with Crippen molar-refractivity contribution in [2.75, 3.05) is 6.61 Å². The van der Waals surface area contributed by atoms with Crippen LogP contribution in [0.5, 0.6) is 0 Å². The Bertz CT molecular complexity index is 564. The monoisotopic (exact) mass is 282 g/mol. The largest absolute Gasteiger partial charge is 0.457 e. The molecule has 0 saturated heterocycles. The molecule has 0 amide bonds. The first-order valence-electron chi connectivity index (χ1n) is 6.51. The molecule has 1 heterocycles. The fraction of sp³-hybridized carbons (Fsp3) is 0.467. The van der Waals surface area contributed by atoms with E-state index >= 15 is 0 Å². The Balaban J connectivity index is 2.40. The number of furan rings is 1. The summed E-state index contributed by atoms with van der Waals surface area (Å²) in [5.41, 5.74) is -0.0529. The van der Waals surface area contributed by atoms with E-state index in [1.165, 1.54) is 0 Å². The van der Waals surface area contributed by atoms with Crippen LogP contribution < -0.4 is 0 Å². The quantitative estimate of drug-likeness (QED) is 0.888. The molecule has 0 aliphatic rings. The predicted molar refractivity (Wildman–Crippen MR) is 76.5 cm³/mol. The highest BCUT2D eigenvalue weighted by atomic mass is 35.5. The van der Waals surface area contributed by atoms with Crippen molar-refractivity contribution in [2.24, 2.45) is 0 Å². The second-order valence-electron chi connectivity index (χ2n) is 4.81. The molecule has 0 bridgehead atoms. The number of halogens is 1. The van der Waals surface area contributed by atoms with Gasteiger partial charge >= 0.3 is 0 Å². The average Bonchev–Trinajstić information content (AvgIpc) is 2.83. The van der Waals surface area contributed by atoms with Gasteiger partial charge in [0.05, 0.1) is 10.6 Å². The maximum Gasteiger partial charge on any atom is 0.152 e. The summed E-state index contributed by atoms with van der Waals surface area (Å²) in [6.45, 7) is 6.32. The van der Waals surface area contributed by atoms with Crippen molar-refractivity contribution in [3.05, 3.63) is 35.0 Å². The van der Waals surface area contributed by atoms with Gasteiger partial charge in [0, 0.05) is 12.0 Å². The van der Waals surface area contributed by atoms with E-state index in [1.54, 1.807) is 6.07 Å². The highest BCUT2D eigenvalue weighted by Gasteiger charge is 2.35. The Labute approximate surface area is 118 Å². The van der Waals surface area contributed by atoms with Gasteiger partial charge in [-0.3, -0.25) is 0 Å². The number of ether oxygens (including phenoxy) is 1. The van der Waals surface area contributed by atoms with E-state index in [0.29, 0.717) is 29.4 Å². The first-order chi connectivity index (χ1) is 9.01. The van der Waals surface area contributed by atoms with E-state index in [0.717, 1.165) is 5.39 Å². The van der Waals surface area contributed by atoms with Crippen molar-refractivity contribution in [1.29, 1.82) is 0 Å². The van der Waals surface area contributed by atoms with Crippen LogP contribution >= 0.6 is 11.6 Å². The minimum Gasteiger partial charge on any atom is -0.457 e. The first kappa shape index (κ1) is 14.4. The van der Waals surface area contributed by atoms with E-state index in [4.69, 9.17) is 20.8 Å². The molecule has 0 aliphatic heterocycles. The van der Waals surface area contributed by atoms with Crippen LogP contribution in [-0.2, 0) is 4.74 Å². The van der Waals surface area contributed by atoms with Crippen LogP contribution in [-0.4, -0.2) is 17.3 Å². The zero-order chi connectivity index (χ0) is 14.0. The van der Waals surface area contributed by atoms with Crippen molar-refractivity contribution in [1.82, 2.24) is 0 Å². The lowest BCUT2D eigenvalue weighted by Crippen LogP contribution is -2.35. The summed E-state index contributed by atoms with van der Waals surface area (Å²) in [5.74, 6) is 0.487. The summed E-state index contributed by atoms with van der Waals surface area (Å²) in [5, 5.41) is 11.9.